The fraction of sp³-hybridized carbons (Fsp3) is 0.375. The summed E-state index contributed by atoms with van der Waals surface area (Å²) in [5, 5.41) is 10.0. The Bertz CT molecular complexity index is 1300. The van der Waals surface area contributed by atoms with E-state index in [9.17, 15) is 0 Å². The van der Waals surface area contributed by atoms with Gasteiger partial charge in [-0.15, -0.1) is 10.2 Å². The summed E-state index contributed by atoms with van der Waals surface area (Å²) in [6.07, 6.45) is 4.92. The molecule has 0 N–H and O–H groups in total. The first kappa shape index (κ1) is 29.3. The first-order valence-corrected chi connectivity index (χ1v) is 15.8. The van der Waals surface area contributed by atoms with Crippen molar-refractivity contribution in [1.82, 2.24) is 10.2 Å². The van der Waals surface area contributed by atoms with Crippen molar-refractivity contribution in [3.05, 3.63) is 77.9 Å². The Balaban J connectivity index is 1.32. The average molecular weight is 656 g/mol. The zero-order valence-electron chi connectivity index (χ0n) is 22.8. The first-order chi connectivity index (χ1) is 18.9. The van der Waals surface area contributed by atoms with Gasteiger partial charge in [0.2, 0.25) is 11.8 Å². The maximum Gasteiger partial charge on any atom is 0.248 e. The average Bonchev–Trinajstić information content (AvgIpc) is 3.44. The van der Waals surface area contributed by atoms with Crippen LogP contribution in [-0.2, 0) is 10.7 Å². The number of hydrogen-bond acceptors (Lipinski definition) is 5. The van der Waals surface area contributed by atoms with Crippen LogP contribution in [0.4, 0.5) is 0 Å². The van der Waals surface area contributed by atoms with Crippen molar-refractivity contribution in [2.45, 2.75) is 57.1 Å². The second-order valence-electron chi connectivity index (χ2n) is 10.3. The molecule has 1 aromatic heterocycles. The lowest BCUT2D eigenvalue weighted by Gasteiger charge is -2.13. The summed E-state index contributed by atoms with van der Waals surface area (Å²) >= 11 is 7.05. The van der Waals surface area contributed by atoms with Gasteiger partial charge in [-0.1, -0.05) is 84.0 Å². The minimum Gasteiger partial charge on any atom is -0.494 e. The summed E-state index contributed by atoms with van der Waals surface area (Å²) in [5.74, 6) is 4.83. The van der Waals surface area contributed by atoms with E-state index >= 15 is 0 Å². The summed E-state index contributed by atoms with van der Waals surface area (Å²) in [6.45, 7) is 7.61. The molecule has 0 bridgehead atoms. The van der Waals surface area contributed by atoms with E-state index in [0.29, 0.717) is 17.7 Å². The summed E-state index contributed by atoms with van der Waals surface area (Å²) in [4.78, 5) is 0. The van der Waals surface area contributed by atoms with Crippen LogP contribution in [-0.4, -0.2) is 16.8 Å². The molecule has 0 spiro atoms. The molecule has 1 heterocycles. The maximum absolute atomic E-state index is 6.16. The van der Waals surface area contributed by atoms with E-state index in [2.05, 4.69) is 81.0 Å². The van der Waals surface area contributed by atoms with Crippen LogP contribution in [0.3, 0.4) is 0 Å². The van der Waals surface area contributed by atoms with Crippen molar-refractivity contribution in [3.8, 4) is 40.2 Å². The molecule has 4 aromatic rings. The monoisotopic (exact) mass is 654 g/mol. The Kier molecular flexibility index (Phi) is 11.0. The van der Waals surface area contributed by atoms with E-state index in [1.165, 1.54) is 19.3 Å². The minimum atomic E-state index is 0.464. The topological polar surface area (TPSA) is 57.4 Å². The molecule has 39 heavy (non-hydrogen) atoms. The maximum atomic E-state index is 6.16. The van der Waals surface area contributed by atoms with Gasteiger partial charge in [0, 0.05) is 27.4 Å². The highest BCUT2D eigenvalue weighted by atomic mass is 79.9. The van der Waals surface area contributed by atoms with Gasteiger partial charge in [0.15, 0.2) is 0 Å². The lowest BCUT2D eigenvalue weighted by molar-refractivity contribution is 0.276. The largest absolute Gasteiger partial charge is 0.494 e. The van der Waals surface area contributed by atoms with Crippen LogP contribution in [0.15, 0.2) is 71.1 Å². The van der Waals surface area contributed by atoms with Gasteiger partial charge in [0.05, 0.1) is 6.61 Å². The van der Waals surface area contributed by atoms with Crippen LogP contribution >= 0.6 is 31.9 Å². The number of ether oxygens (including phenoxy) is 2. The molecule has 4 rings (SSSR count). The third-order valence-corrected chi connectivity index (χ3v) is 7.89. The highest BCUT2D eigenvalue weighted by molar-refractivity contribution is 9.08. The minimum absolute atomic E-state index is 0.464. The smallest absolute Gasteiger partial charge is 0.248 e. The number of aromatic nitrogens is 2. The number of alkyl halides is 2. The van der Waals surface area contributed by atoms with E-state index < -0.39 is 0 Å². The molecule has 0 aliphatic rings. The molecule has 1 atom stereocenters. The fourth-order valence-electron chi connectivity index (χ4n) is 4.23. The van der Waals surface area contributed by atoms with Gasteiger partial charge in [0.1, 0.15) is 17.2 Å². The van der Waals surface area contributed by atoms with Gasteiger partial charge in [-0.25, -0.2) is 0 Å². The molecule has 0 amide bonds. The number of rotatable bonds is 14. The summed E-state index contributed by atoms with van der Waals surface area (Å²) < 4.78 is 18.1. The zero-order valence-corrected chi connectivity index (χ0v) is 26.0. The van der Waals surface area contributed by atoms with Crippen LogP contribution < -0.4 is 9.47 Å². The van der Waals surface area contributed by atoms with Crippen molar-refractivity contribution in [2.24, 2.45) is 11.8 Å². The van der Waals surface area contributed by atoms with E-state index in [-0.39, 0.29) is 0 Å². The number of halogens is 2. The number of benzene rings is 3. The third-order valence-electron chi connectivity index (χ3n) is 6.64. The SMILES string of the molecule is CC(C)CCCC(C)CCOc1ccc(-c2nnc(-c3ccc(Oc4cc(CBr)ccc4CBr)cc3)o2)cc1. The molecule has 3 aromatic carbocycles. The van der Waals surface area contributed by atoms with Gasteiger partial charge in [0.25, 0.3) is 0 Å². The molecule has 0 aliphatic heterocycles. The molecule has 0 saturated carbocycles. The van der Waals surface area contributed by atoms with E-state index in [4.69, 9.17) is 13.9 Å². The van der Waals surface area contributed by atoms with Gasteiger partial charge in [-0.3, -0.25) is 0 Å². The molecule has 5 nitrogen and oxygen atoms in total. The molecule has 0 saturated heterocycles. The lowest BCUT2D eigenvalue weighted by atomic mass is 9.98. The van der Waals surface area contributed by atoms with Crippen molar-refractivity contribution in [3.63, 3.8) is 0 Å². The number of nitrogens with zero attached hydrogens (tertiary/aromatic N) is 2. The van der Waals surface area contributed by atoms with Crippen LogP contribution in [0.1, 0.15) is 57.6 Å². The summed E-state index contributed by atoms with van der Waals surface area (Å²) in [7, 11) is 0. The highest BCUT2D eigenvalue weighted by Crippen LogP contribution is 2.31. The summed E-state index contributed by atoms with van der Waals surface area (Å²) in [5.41, 5.74) is 3.94. The molecule has 0 radical (unpaired) electrons. The van der Waals surface area contributed by atoms with Crippen LogP contribution in [0.25, 0.3) is 22.9 Å². The summed E-state index contributed by atoms with van der Waals surface area (Å²) in [6, 6.07) is 21.7. The molecule has 206 valence electrons. The molecule has 0 aliphatic carbocycles. The van der Waals surface area contributed by atoms with Crippen LogP contribution in [0.2, 0.25) is 0 Å². The lowest BCUT2D eigenvalue weighted by Crippen LogP contribution is -2.04. The number of hydrogen-bond donors (Lipinski definition) is 0. The van der Waals surface area contributed by atoms with Crippen molar-refractivity contribution in [1.29, 1.82) is 0 Å². The van der Waals surface area contributed by atoms with Crippen LogP contribution in [0.5, 0.6) is 17.2 Å². The fourth-order valence-corrected chi connectivity index (χ4v) is 5.04. The zero-order chi connectivity index (χ0) is 27.6. The van der Waals surface area contributed by atoms with E-state index in [1.54, 1.807) is 0 Å². The first-order valence-electron chi connectivity index (χ1n) is 13.5. The van der Waals surface area contributed by atoms with Crippen molar-refractivity contribution >= 4 is 31.9 Å². The Morgan fingerprint density at radius 1 is 0.744 bits per heavy atom. The molecule has 7 heteroatoms. The second kappa shape index (κ2) is 14.7. The quantitative estimate of drug-likeness (QED) is 0.127. The molecular formula is C32H36Br2N2O3. The van der Waals surface area contributed by atoms with Gasteiger partial charge < -0.3 is 13.9 Å². The highest BCUT2D eigenvalue weighted by Gasteiger charge is 2.12. The molecule has 0 fully saturated rings. The van der Waals surface area contributed by atoms with E-state index in [1.807, 2.05) is 48.5 Å². The Morgan fingerprint density at radius 2 is 1.38 bits per heavy atom. The van der Waals surface area contributed by atoms with Crippen LogP contribution in [0, 0.1) is 11.8 Å². The second-order valence-corrected chi connectivity index (χ2v) is 11.5. The normalized spacial score (nSPS) is 12.1. The Labute approximate surface area is 248 Å². The molecular weight excluding hydrogens is 620 g/mol. The standard InChI is InChI=1S/C32H36Br2N2O3/c1-22(2)5-4-6-23(3)17-18-37-28-13-9-25(10-14-28)31-35-36-32(39-31)26-11-15-29(16-12-26)38-30-19-24(20-33)7-8-27(30)21-34/h7-16,19,22-23H,4-6,17-18,20-21H2,1-3H3. The van der Waals surface area contributed by atoms with Crippen molar-refractivity contribution in [2.75, 3.05) is 6.61 Å². The van der Waals surface area contributed by atoms with Gasteiger partial charge in [-0.2, -0.15) is 0 Å². The predicted octanol–water partition coefficient (Wildman–Crippen LogP) is 10.2. The van der Waals surface area contributed by atoms with E-state index in [0.717, 1.165) is 69.1 Å². The third kappa shape index (κ3) is 8.67. The Morgan fingerprint density at radius 3 is 1.97 bits per heavy atom. The Hall–Kier alpha value is -2.64. The van der Waals surface area contributed by atoms with Gasteiger partial charge >= 0.3 is 0 Å². The van der Waals surface area contributed by atoms with Crippen molar-refractivity contribution < 1.29 is 13.9 Å². The molecule has 1 unspecified atom stereocenters. The van der Waals surface area contributed by atoms with Gasteiger partial charge in [-0.05, 0) is 78.4 Å². The predicted molar refractivity (Wildman–Crippen MR) is 165 cm³/mol.